The molecule has 0 bridgehead atoms. The molecule has 2 N–H and O–H groups in total. The molecule has 0 radical (unpaired) electrons. The summed E-state index contributed by atoms with van der Waals surface area (Å²) in [5, 5.41) is 5.09. The third kappa shape index (κ3) is 5.30. The predicted molar refractivity (Wildman–Crippen MR) is 94.2 cm³/mol. The Morgan fingerprint density at radius 3 is 2.24 bits per heavy atom. The van der Waals surface area contributed by atoms with Crippen LogP contribution >= 0.6 is 0 Å². The average Bonchev–Trinajstić information content (AvgIpc) is 2.49. The maximum atomic E-state index is 12.2. The van der Waals surface area contributed by atoms with Crippen LogP contribution in [0.3, 0.4) is 0 Å². The van der Waals surface area contributed by atoms with E-state index in [-0.39, 0.29) is 23.7 Å². The number of rotatable bonds is 6. The number of aryl methyl sites for hydroxylation is 3. The SMILES string of the molecule is Cc1cc(C)cc(OCCOC(=O)c2cc(S(N)(=O)=O)ccc2C)c1. The summed E-state index contributed by atoms with van der Waals surface area (Å²) in [6, 6.07) is 9.92. The number of primary sulfonamides is 1. The van der Waals surface area contributed by atoms with Crippen molar-refractivity contribution in [2.45, 2.75) is 25.7 Å². The molecule has 0 aromatic heterocycles. The average molecular weight is 363 g/mol. The van der Waals surface area contributed by atoms with Gasteiger partial charge in [0.2, 0.25) is 10.0 Å². The number of carbonyl (C=O) groups excluding carboxylic acids is 1. The van der Waals surface area contributed by atoms with Crippen molar-refractivity contribution in [1.82, 2.24) is 0 Å². The summed E-state index contributed by atoms with van der Waals surface area (Å²) in [5.41, 5.74) is 2.94. The molecular weight excluding hydrogens is 342 g/mol. The van der Waals surface area contributed by atoms with Gasteiger partial charge in [0.25, 0.3) is 0 Å². The maximum Gasteiger partial charge on any atom is 0.338 e. The van der Waals surface area contributed by atoms with E-state index in [1.165, 1.54) is 18.2 Å². The zero-order valence-corrected chi connectivity index (χ0v) is 15.2. The Hall–Kier alpha value is -2.38. The highest BCUT2D eigenvalue weighted by molar-refractivity contribution is 7.89. The van der Waals surface area contributed by atoms with Crippen LogP contribution in [0.2, 0.25) is 0 Å². The fourth-order valence-corrected chi connectivity index (χ4v) is 2.93. The lowest BCUT2D eigenvalue weighted by Gasteiger charge is -2.10. The number of hydrogen-bond donors (Lipinski definition) is 1. The van der Waals surface area contributed by atoms with Gasteiger partial charge in [-0.15, -0.1) is 0 Å². The third-order valence-corrected chi connectivity index (χ3v) is 4.45. The number of nitrogens with two attached hydrogens (primary N) is 1. The molecule has 0 aliphatic rings. The molecule has 0 aliphatic heterocycles. The van der Waals surface area contributed by atoms with Crippen molar-refractivity contribution in [3.8, 4) is 5.75 Å². The van der Waals surface area contributed by atoms with Crippen LogP contribution in [0.15, 0.2) is 41.3 Å². The van der Waals surface area contributed by atoms with Crippen LogP contribution in [0.25, 0.3) is 0 Å². The highest BCUT2D eigenvalue weighted by Crippen LogP contribution is 2.17. The molecule has 0 saturated carbocycles. The number of hydrogen-bond acceptors (Lipinski definition) is 5. The van der Waals surface area contributed by atoms with Gasteiger partial charge in [0.15, 0.2) is 0 Å². The van der Waals surface area contributed by atoms with Crippen molar-refractivity contribution in [2.24, 2.45) is 5.14 Å². The quantitative estimate of drug-likeness (QED) is 0.628. The molecule has 2 rings (SSSR count). The monoisotopic (exact) mass is 363 g/mol. The van der Waals surface area contributed by atoms with E-state index < -0.39 is 16.0 Å². The van der Waals surface area contributed by atoms with Gasteiger partial charge in [0.1, 0.15) is 19.0 Å². The molecule has 0 saturated heterocycles. The van der Waals surface area contributed by atoms with Gasteiger partial charge in [-0.2, -0.15) is 0 Å². The Bertz CT molecular complexity index is 870. The zero-order chi connectivity index (χ0) is 18.6. The van der Waals surface area contributed by atoms with Crippen LogP contribution in [0, 0.1) is 20.8 Å². The first kappa shape index (κ1) is 19.0. The molecule has 7 heteroatoms. The number of esters is 1. The van der Waals surface area contributed by atoms with E-state index in [4.69, 9.17) is 14.6 Å². The van der Waals surface area contributed by atoms with Gasteiger partial charge < -0.3 is 9.47 Å². The van der Waals surface area contributed by atoms with Crippen molar-refractivity contribution in [2.75, 3.05) is 13.2 Å². The van der Waals surface area contributed by atoms with Crippen molar-refractivity contribution in [1.29, 1.82) is 0 Å². The second-order valence-electron chi connectivity index (χ2n) is 5.83. The number of carbonyl (C=O) groups is 1. The van der Waals surface area contributed by atoms with Gasteiger partial charge in [0, 0.05) is 0 Å². The van der Waals surface area contributed by atoms with Gasteiger partial charge in [-0.1, -0.05) is 12.1 Å². The third-order valence-electron chi connectivity index (χ3n) is 3.54. The van der Waals surface area contributed by atoms with E-state index in [1.807, 2.05) is 32.0 Å². The second-order valence-corrected chi connectivity index (χ2v) is 7.39. The Kier molecular flexibility index (Phi) is 5.81. The van der Waals surface area contributed by atoms with Crippen LogP contribution in [-0.2, 0) is 14.8 Å². The molecule has 0 amide bonds. The Balaban J connectivity index is 1.96. The molecule has 6 nitrogen and oxygen atoms in total. The van der Waals surface area contributed by atoms with Crippen LogP contribution < -0.4 is 9.88 Å². The summed E-state index contributed by atoms with van der Waals surface area (Å²) in [6.07, 6.45) is 0. The lowest BCUT2D eigenvalue weighted by molar-refractivity contribution is 0.0449. The highest BCUT2D eigenvalue weighted by atomic mass is 32.2. The van der Waals surface area contributed by atoms with E-state index in [0.717, 1.165) is 11.1 Å². The predicted octanol–water partition coefficient (Wildman–Crippen LogP) is 2.50. The Morgan fingerprint density at radius 2 is 1.64 bits per heavy atom. The van der Waals surface area contributed by atoms with Crippen molar-refractivity contribution in [3.05, 3.63) is 58.7 Å². The lowest BCUT2D eigenvalue weighted by Crippen LogP contribution is -2.16. The zero-order valence-electron chi connectivity index (χ0n) is 14.4. The van der Waals surface area contributed by atoms with Crippen LogP contribution in [0.1, 0.15) is 27.0 Å². The summed E-state index contributed by atoms with van der Waals surface area (Å²) in [7, 11) is -3.88. The smallest absolute Gasteiger partial charge is 0.338 e. The van der Waals surface area contributed by atoms with Gasteiger partial charge in [0.05, 0.1) is 10.5 Å². The van der Waals surface area contributed by atoms with E-state index in [2.05, 4.69) is 0 Å². The molecule has 0 unspecified atom stereocenters. The molecule has 2 aromatic carbocycles. The molecule has 0 atom stereocenters. The normalized spacial score (nSPS) is 11.2. The van der Waals surface area contributed by atoms with Crippen LogP contribution in [0.4, 0.5) is 0 Å². The first-order valence-electron chi connectivity index (χ1n) is 7.68. The lowest BCUT2D eigenvalue weighted by atomic mass is 10.1. The van der Waals surface area contributed by atoms with Crippen LogP contribution in [-0.4, -0.2) is 27.6 Å². The molecule has 0 spiro atoms. The van der Waals surface area contributed by atoms with Crippen molar-refractivity contribution in [3.63, 3.8) is 0 Å². The van der Waals surface area contributed by atoms with Gasteiger partial charge in [-0.05, 0) is 61.7 Å². The minimum Gasteiger partial charge on any atom is -0.490 e. The number of ether oxygens (including phenoxy) is 2. The van der Waals surface area contributed by atoms with E-state index in [1.54, 1.807) is 6.92 Å². The molecule has 0 fully saturated rings. The molecule has 134 valence electrons. The summed E-state index contributed by atoms with van der Waals surface area (Å²) < 4.78 is 33.5. The number of sulfonamides is 1. The van der Waals surface area contributed by atoms with Crippen molar-refractivity contribution >= 4 is 16.0 Å². The first-order valence-corrected chi connectivity index (χ1v) is 9.23. The fourth-order valence-electron chi connectivity index (χ4n) is 2.39. The van der Waals surface area contributed by atoms with Gasteiger partial charge in [-0.25, -0.2) is 18.4 Å². The molecule has 25 heavy (non-hydrogen) atoms. The Labute approximate surface area is 147 Å². The summed E-state index contributed by atoms with van der Waals surface area (Å²) in [4.78, 5) is 12.0. The Morgan fingerprint density at radius 1 is 1.00 bits per heavy atom. The summed E-state index contributed by atoms with van der Waals surface area (Å²) in [6.45, 7) is 5.88. The largest absolute Gasteiger partial charge is 0.490 e. The minimum absolute atomic E-state index is 0.0465. The molecule has 0 aliphatic carbocycles. The maximum absolute atomic E-state index is 12.2. The minimum atomic E-state index is -3.88. The topological polar surface area (TPSA) is 95.7 Å². The van der Waals surface area contributed by atoms with Crippen molar-refractivity contribution < 1.29 is 22.7 Å². The standard InChI is InChI=1S/C18H21NO5S/c1-12-8-13(2)10-15(9-12)23-6-7-24-18(20)17-11-16(25(19,21)22)5-4-14(17)3/h4-5,8-11H,6-7H2,1-3H3,(H2,19,21,22). The van der Waals surface area contributed by atoms with E-state index in [9.17, 15) is 13.2 Å². The fraction of sp³-hybridized carbons (Fsp3) is 0.278. The molecule has 0 heterocycles. The van der Waals surface area contributed by atoms with Crippen LogP contribution in [0.5, 0.6) is 5.75 Å². The molecular formula is C18H21NO5S. The summed E-state index contributed by atoms with van der Waals surface area (Å²) in [5.74, 6) is 0.0907. The first-order chi connectivity index (χ1) is 11.7. The van der Waals surface area contributed by atoms with Gasteiger partial charge in [-0.3, -0.25) is 0 Å². The van der Waals surface area contributed by atoms with E-state index >= 15 is 0 Å². The van der Waals surface area contributed by atoms with Gasteiger partial charge >= 0.3 is 5.97 Å². The highest BCUT2D eigenvalue weighted by Gasteiger charge is 2.15. The molecule has 2 aromatic rings. The second kappa shape index (κ2) is 7.67. The van der Waals surface area contributed by atoms with E-state index in [0.29, 0.717) is 11.3 Å². The number of benzene rings is 2. The summed E-state index contributed by atoms with van der Waals surface area (Å²) >= 11 is 0.